The molecule has 3 aromatic carbocycles. The first kappa shape index (κ1) is 21.3. The number of benzene rings is 3. The van der Waals surface area contributed by atoms with Gasteiger partial charge in [-0.25, -0.2) is 4.98 Å². The molecule has 0 saturated carbocycles. The summed E-state index contributed by atoms with van der Waals surface area (Å²) in [6, 6.07) is 21.0. The maximum atomic E-state index is 12.8. The maximum Gasteiger partial charge on any atom is 0.251 e. The van der Waals surface area contributed by atoms with Gasteiger partial charge < -0.3 is 15.2 Å². The molecule has 0 aliphatic heterocycles. The van der Waals surface area contributed by atoms with Crippen molar-refractivity contribution >= 4 is 28.5 Å². The number of anilines is 1. The van der Waals surface area contributed by atoms with Crippen molar-refractivity contribution in [2.75, 3.05) is 5.32 Å². The Morgan fingerprint density at radius 2 is 1.62 bits per heavy atom. The number of rotatable bonds is 6. The fraction of sp³-hybridized carbons (Fsp3) is 0.192. The number of carbonyl (C=O) groups excluding carboxylic acids is 2. The average Bonchev–Trinajstić information content (AvgIpc) is 3.08. The van der Waals surface area contributed by atoms with Gasteiger partial charge in [0.05, 0.1) is 17.6 Å². The second-order valence-electron chi connectivity index (χ2n) is 8.08. The Bertz CT molecular complexity index is 1290. The summed E-state index contributed by atoms with van der Waals surface area (Å²) in [5.41, 5.74) is 6.20. The molecule has 6 heteroatoms. The van der Waals surface area contributed by atoms with E-state index in [1.165, 1.54) is 0 Å². The molecule has 1 heterocycles. The van der Waals surface area contributed by atoms with Crippen LogP contribution in [0.3, 0.4) is 0 Å². The molecule has 4 rings (SSSR count). The van der Waals surface area contributed by atoms with Crippen LogP contribution in [0.4, 0.5) is 5.69 Å². The van der Waals surface area contributed by atoms with Crippen LogP contribution in [0.15, 0.2) is 66.7 Å². The molecule has 4 aromatic rings. The van der Waals surface area contributed by atoms with E-state index in [2.05, 4.69) is 21.7 Å². The van der Waals surface area contributed by atoms with Crippen molar-refractivity contribution in [2.45, 2.75) is 33.9 Å². The van der Waals surface area contributed by atoms with Crippen LogP contribution in [0, 0.1) is 20.8 Å². The smallest absolute Gasteiger partial charge is 0.251 e. The second kappa shape index (κ2) is 9.06. The minimum Gasteiger partial charge on any atom is -0.345 e. The molecule has 0 saturated heterocycles. The zero-order valence-electron chi connectivity index (χ0n) is 18.5. The maximum absolute atomic E-state index is 12.8. The summed E-state index contributed by atoms with van der Waals surface area (Å²) in [6.07, 6.45) is 0. The number of amides is 2. The van der Waals surface area contributed by atoms with E-state index in [0.717, 1.165) is 33.4 Å². The van der Waals surface area contributed by atoms with Gasteiger partial charge in [0.2, 0.25) is 5.91 Å². The van der Waals surface area contributed by atoms with Crippen molar-refractivity contribution in [3.8, 4) is 0 Å². The van der Waals surface area contributed by atoms with Gasteiger partial charge >= 0.3 is 0 Å². The van der Waals surface area contributed by atoms with Crippen molar-refractivity contribution in [2.24, 2.45) is 0 Å². The number of para-hydroxylation sites is 2. The Labute approximate surface area is 187 Å². The minimum absolute atomic E-state index is 0.100. The van der Waals surface area contributed by atoms with E-state index in [0.29, 0.717) is 11.4 Å². The Morgan fingerprint density at radius 1 is 0.875 bits per heavy atom. The van der Waals surface area contributed by atoms with Crippen molar-refractivity contribution in [1.29, 1.82) is 0 Å². The van der Waals surface area contributed by atoms with Crippen LogP contribution in [0.25, 0.3) is 11.0 Å². The Morgan fingerprint density at radius 3 is 2.38 bits per heavy atom. The predicted molar refractivity (Wildman–Crippen MR) is 127 cm³/mol. The molecule has 0 bridgehead atoms. The lowest BCUT2D eigenvalue weighted by Gasteiger charge is -2.12. The van der Waals surface area contributed by atoms with Gasteiger partial charge in [-0.2, -0.15) is 0 Å². The molecule has 0 aliphatic carbocycles. The number of imidazole rings is 1. The van der Waals surface area contributed by atoms with Crippen molar-refractivity contribution in [1.82, 2.24) is 14.9 Å². The van der Waals surface area contributed by atoms with Gasteiger partial charge in [0.15, 0.2) is 0 Å². The fourth-order valence-corrected chi connectivity index (χ4v) is 3.88. The third-order valence-corrected chi connectivity index (χ3v) is 5.23. The van der Waals surface area contributed by atoms with Crippen LogP contribution in [0.1, 0.15) is 32.9 Å². The van der Waals surface area contributed by atoms with E-state index in [-0.39, 0.29) is 24.9 Å². The molecule has 0 fully saturated rings. The van der Waals surface area contributed by atoms with Gasteiger partial charge in [0.1, 0.15) is 12.4 Å². The SMILES string of the molecule is Cc1cc(C)cc(NC(=O)Cn2c(CNC(=O)c3cccc(C)c3)nc3ccccc32)c1. The molecule has 1 aromatic heterocycles. The normalized spacial score (nSPS) is 10.8. The molecule has 32 heavy (non-hydrogen) atoms. The summed E-state index contributed by atoms with van der Waals surface area (Å²) in [5, 5.41) is 5.90. The largest absolute Gasteiger partial charge is 0.345 e. The highest BCUT2D eigenvalue weighted by molar-refractivity contribution is 5.94. The van der Waals surface area contributed by atoms with Crippen LogP contribution < -0.4 is 10.6 Å². The zero-order valence-corrected chi connectivity index (χ0v) is 18.5. The highest BCUT2D eigenvalue weighted by Crippen LogP contribution is 2.18. The minimum atomic E-state index is -0.174. The molecular formula is C26H26N4O2. The summed E-state index contributed by atoms with van der Waals surface area (Å²) in [7, 11) is 0. The van der Waals surface area contributed by atoms with E-state index >= 15 is 0 Å². The van der Waals surface area contributed by atoms with E-state index < -0.39 is 0 Å². The van der Waals surface area contributed by atoms with Gasteiger partial charge in [0.25, 0.3) is 5.91 Å². The number of aryl methyl sites for hydroxylation is 3. The molecule has 0 spiro atoms. The van der Waals surface area contributed by atoms with Gasteiger partial charge in [-0.3, -0.25) is 9.59 Å². The van der Waals surface area contributed by atoms with Crippen molar-refractivity contribution in [3.05, 3.63) is 94.8 Å². The second-order valence-corrected chi connectivity index (χ2v) is 8.08. The Hall–Kier alpha value is -3.93. The van der Waals surface area contributed by atoms with Gasteiger partial charge in [0, 0.05) is 11.3 Å². The highest BCUT2D eigenvalue weighted by Gasteiger charge is 2.15. The molecule has 0 aliphatic rings. The molecular weight excluding hydrogens is 400 g/mol. The summed E-state index contributed by atoms with van der Waals surface area (Å²) in [6.45, 7) is 6.27. The topological polar surface area (TPSA) is 76.0 Å². The van der Waals surface area contributed by atoms with Crippen LogP contribution in [0.2, 0.25) is 0 Å². The van der Waals surface area contributed by atoms with Gasteiger partial charge in [-0.05, 0) is 68.3 Å². The van der Waals surface area contributed by atoms with Crippen molar-refractivity contribution < 1.29 is 9.59 Å². The third-order valence-electron chi connectivity index (χ3n) is 5.23. The number of nitrogens with one attached hydrogen (secondary N) is 2. The van der Waals surface area contributed by atoms with Gasteiger partial charge in [-0.1, -0.05) is 35.9 Å². The third kappa shape index (κ3) is 4.86. The van der Waals surface area contributed by atoms with E-state index in [1.54, 1.807) is 6.07 Å². The highest BCUT2D eigenvalue weighted by atomic mass is 16.2. The first-order valence-corrected chi connectivity index (χ1v) is 10.6. The standard InChI is InChI=1S/C26H26N4O2/c1-17-7-6-8-20(12-17)26(32)27-15-24-29-22-9-4-5-10-23(22)30(24)16-25(31)28-21-13-18(2)11-19(3)14-21/h4-14H,15-16H2,1-3H3,(H,27,32)(H,28,31). The summed E-state index contributed by atoms with van der Waals surface area (Å²) in [4.78, 5) is 30.1. The number of aromatic nitrogens is 2. The van der Waals surface area contributed by atoms with Crippen LogP contribution in [-0.2, 0) is 17.9 Å². The lowest BCUT2D eigenvalue weighted by atomic mass is 10.1. The molecule has 0 radical (unpaired) electrons. The summed E-state index contributed by atoms with van der Waals surface area (Å²) < 4.78 is 1.85. The van der Waals surface area contributed by atoms with E-state index in [9.17, 15) is 9.59 Å². The first-order valence-electron chi connectivity index (χ1n) is 10.6. The first-order chi connectivity index (χ1) is 15.4. The molecule has 0 atom stereocenters. The summed E-state index contributed by atoms with van der Waals surface area (Å²) >= 11 is 0. The fourth-order valence-electron chi connectivity index (χ4n) is 3.88. The van der Waals surface area contributed by atoms with Crippen LogP contribution in [0.5, 0.6) is 0 Å². The lowest BCUT2D eigenvalue weighted by molar-refractivity contribution is -0.116. The average molecular weight is 427 g/mol. The molecule has 162 valence electrons. The number of nitrogens with zero attached hydrogens (tertiary/aromatic N) is 2. The number of fused-ring (bicyclic) bond motifs is 1. The summed E-state index contributed by atoms with van der Waals surface area (Å²) in [5.74, 6) is 0.305. The van der Waals surface area contributed by atoms with E-state index in [4.69, 9.17) is 0 Å². The van der Waals surface area contributed by atoms with Crippen molar-refractivity contribution in [3.63, 3.8) is 0 Å². The van der Waals surface area contributed by atoms with Gasteiger partial charge in [-0.15, -0.1) is 0 Å². The quantitative estimate of drug-likeness (QED) is 0.476. The number of hydrogen-bond acceptors (Lipinski definition) is 3. The van der Waals surface area contributed by atoms with E-state index in [1.807, 2.05) is 79.9 Å². The lowest BCUT2D eigenvalue weighted by Crippen LogP contribution is -2.26. The van der Waals surface area contributed by atoms with Crippen LogP contribution in [-0.4, -0.2) is 21.4 Å². The number of carbonyl (C=O) groups is 2. The monoisotopic (exact) mass is 426 g/mol. The Kier molecular flexibility index (Phi) is 6.03. The zero-order chi connectivity index (χ0) is 22.7. The molecule has 6 nitrogen and oxygen atoms in total. The number of hydrogen-bond donors (Lipinski definition) is 2. The molecule has 2 amide bonds. The predicted octanol–water partition coefficient (Wildman–Crippen LogP) is 4.53. The molecule has 0 unspecified atom stereocenters. The molecule has 2 N–H and O–H groups in total. The Balaban J connectivity index is 1.54. The van der Waals surface area contributed by atoms with Crippen LogP contribution >= 0.6 is 0 Å².